The molecule has 2 aromatic carbocycles. The molecule has 0 saturated heterocycles. The molecule has 0 aliphatic carbocycles. The Labute approximate surface area is 163 Å². The quantitative estimate of drug-likeness (QED) is 0.681. The van der Waals surface area contributed by atoms with Gasteiger partial charge in [-0.05, 0) is 24.0 Å². The van der Waals surface area contributed by atoms with Crippen LogP contribution in [0.2, 0.25) is 0 Å². The van der Waals surface area contributed by atoms with E-state index in [9.17, 15) is 0 Å². The highest BCUT2D eigenvalue weighted by molar-refractivity contribution is 7.99. The topological polar surface area (TPSA) is 63.2 Å². The van der Waals surface area contributed by atoms with E-state index in [1.54, 1.807) is 11.8 Å². The summed E-state index contributed by atoms with van der Waals surface area (Å²) in [5, 5.41) is 12.7. The van der Waals surface area contributed by atoms with E-state index in [1.807, 2.05) is 38.4 Å². The minimum Gasteiger partial charge on any atom is -0.448 e. The molecule has 0 saturated carbocycles. The molecule has 1 aliphatic heterocycles. The number of hydrogen-bond donors (Lipinski definition) is 1. The highest BCUT2D eigenvalue weighted by Crippen LogP contribution is 2.39. The number of fused-ring (bicyclic) bond motifs is 3. The van der Waals surface area contributed by atoms with Crippen LogP contribution in [0.5, 0.6) is 5.88 Å². The molecule has 6 nitrogen and oxygen atoms in total. The first kappa shape index (κ1) is 17.6. The predicted molar refractivity (Wildman–Crippen MR) is 109 cm³/mol. The fraction of sp³-hybridized carbons (Fsp3) is 0.250. The summed E-state index contributed by atoms with van der Waals surface area (Å²) in [6.07, 6.45) is -0.361. The third kappa shape index (κ3) is 3.55. The van der Waals surface area contributed by atoms with Crippen LogP contribution in [0.4, 0.5) is 11.4 Å². The second-order valence-electron chi connectivity index (χ2n) is 6.35. The summed E-state index contributed by atoms with van der Waals surface area (Å²) in [7, 11) is 4.05. The molecule has 27 heavy (non-hydrogen) atoms. The van der Waals surface area contributed by atoms with Gasteiger partial charge < -0.3 is 15.0 Å². The highest BCUT2D eigenvalue weighted by atomic mass is 32.2. The average Bonchev–Trinajstić information content (AvgIpc) is 2.85. The number of aromatic nitrogens is 3. The van der Waals surface area contributed by atoms with Gasteiger partial charge in [0.25, 0.3) is 0 Å². The molecule has 0 unspecified atom stereocenters. The van der Waals surface area contributed by atoms with Crippen molar-refractivity contribution in [2.75, 3.05) is 30.1 Å². The second-order valence-corrected chi connectivity index (χ2v) is 7.59. The summed E-state index contributed by atoms with van der Waals surface area (Å²) in [5.41, 5.74) is 4.70. The maximum atomic E-state index is 6.26. The molecule has 1 aromatic heterocycles. The van der Waals surface area contributed by atoms with Crippen LogP contribution in [0.3, 0.4) is 0 Å². The molecule has 1 atom stereocenters. The Bertz CT molecular complexity index is 945. The van der Waals surface area contributed by atoms with E-state index < -0.39 is 0 Å². The van der Waals surface area contributed by atoms with Crippen LogP contribution in [0.1, 0.15) is 18.7 Å². The normalized spacial score (nSPS) is 15.0. The lowest BCUT2D eigenvalue weighted by Crippen LogP contribution is -2.17. The summed E-state index contributed by atoms with van der Waals surface area (Å²) in [6, 6.07) is 16.3. The molecule has 138 valence electrons. The number of benzene rings is 2. The lowest BCUT2D eigenvalue weighted by molar-refractivity contribution is 0.225. The summed E-state index contributed by atoms with van der Waals surface area (Å²) < 4.78 is 6.26. The zero-order chi connectivity index (χ0) is 18.8. The van der Waals surface area contributed by atoms with Crippen molar-refractivity contribution in [1.82, 2.24) is 15.2 Å². The van der Waals surface area contributed by atoms with Crippen LogP contribution in [0.25, 0.3) is 11.3 Å². The lowest BCUT2D eigenvalue weighted by atomic mass is 10.1. The molecule has 0 radical (unpaired) electrons. The van der Waals surface area contributed by atoms with E-state index in [4.69, 9.17) is 4.74 Å². The van der Waals surface area contributed by atoms with Crippen LogP contribution < -0.4 is 15.0 Å². The number of ether oxygens (including phenoxy) is 1. The van der Waals surface area contributed by atoms with Gasteiger partial charge >= 0.3 is 0 Å². The molecule has 0 fully saturated rings. The average molecular weight is 379 g/mol. The maximum Gasteiger partial charge on any atom is 0.247 e. The largest absolute Gasteiger partial charge is 0.448 e. The number of thioether (sulfide) groups is 1. The molecule has 0 bridgehead atoms. The van der Waals surface area contributed by atoms with Gasteiger partial charge in [-0.3, -0.25) is 0 Å². The van der Waals surface area contributed by atoms with Gasteiger partial charge in [0.05, 0.1) is 0 Å². The molecule has 2 heterocycles. The van der Waals surface area contributed by atoms with Gasteiger partial charge in [-0.15, -0.1) is 10.2 Å². The van der Waals surface area contributed by atoms with Gasteiger partial charge in [-0.2, -0.15) is 4.98 Å². The van der Waals surface area contributed by atoms with Crippen LogP contribution in [0, 0.1) is 0 Å². The molecule has 7 heteroatoms. The van der Waals surface area contributed by atoms with E-state index in [2.05, 4.69) is 56.6 Å². The van der Waals surface area contributed by atoms with E-state index in [0.717, 1.165) is 28.3 Å². The minimum atomic E-state index is -0.361. The predicted octanol–water partition coefficient (Wildman–Crippen LogP) is 4.22. The zero-order valence-electron chi connectivity index (χ0n) is 15.5. The van der Waals surface area contributed by atoms with Crippen LogP contribution in [-0.2, 0) is 0 Å². The van der Waals surface area contributed by atoms with Crippen LogP contribution in [-0.4, -0.2) is 35.0 Å². The van der Waals surface area contributed by atoms with Gasteiger partial charge in [0.1, 0.15) is 0 Å². The monoisotopic (exact) mass is 379 g/mol. The molecule has 4 rings (SSSR count). The minimum absolute atomic E-state index is 0.361. The summed E-state index contributed by atoms with van der Waals surface area (Å²) in [4.78, 5) is 6.67. The van der Waals surface area contributed by atoms with E-state index >= 15 is 0 Å². The molecule has 1 N–H and O–H groups in total. The van der Waals surface area contributed by atoms with Crippen molar-refractivity contribution in [1.29, 1.82) is 0 Å². The number of rotatable bonds is 4. The van der Waals surface area contributed by atoms with Gasteiger partial charge in [0.15, 0.2) is 11.9 Å². The molecule has 1 aliphatic rings. The molecule has 0 spiro atoms. The summed E-state index contributed by atoms with van der Waals surface area (Å²) in [5.74, 6) is 1.38. The van der Waals surface area contributed by atoms with Crippen LogP contribution in [0.15, 0.2) is 53.7 Å². The summed E-state index contributed by atoms with van der Waals surface area (Å²) in [6.45, 7) is 2.06. The second kappa shape index (κ2) is 7.44. The van der Waals surface area contributed by atoms with E-state index in [1.165, 1.54) is 0 Å². The van der Waals surface area contributed by atoms with Gasteiger partial charge in [-0.1, -0.05) is 49.0 Å². The van der Waals surface area contributed by atoms with Crippen molar-refractivity contribution in [3.05, 3.63) is 54.1 Å². The fourth-order valence-electron chi connectivity index (χ4n) is 2.94. The highest BCUT2D eigenvalue weighted by Gasteiger charge is 2.25. The zero-order valence-corrected chi connectivity index (χ0v) is 16.3. The van der Waals surface area contributed by atoms with Crippen molar-refractivity contribution < 1.29 is 4.74 Å². The van der Waals surface area contributed by atoms with E-state index in [0.29, 0.717) is 16.7 Å². The molecule has 0 amide bonds. The first-order valence-corrected chi connectivity index (χ1v) is 9.81. The molecular formula is C20H21N5OS. The lowest BCUT2D eigenvalue weighted by Gasteiger charge is -2.20. The Hall–Kier alpha value is -2.80. The Kier molecular flexibility index (Phi) is 4.85. The molecule has 3 aromatic rings. The third-order valence-corrected chi connectivity index (χ3v) is 5.04. The fourth-order valence-corrected chi connectivity index (χ4v) is 3.44. The number of hydrogen-bond acceptors (Lipinski definition) is 7. The number of nitrogens with zero attached hydrogens (tertiary/aromatic N) is 4. The SMILES string of the molecule is CCSc1nnc2c(n1)O[C@H](c1ccc(N(C)C)cc1)Nc1ccccc1-2. The number of nitrogens with one attached hydrogen (secondary N) is 1. The Morgan fingerprint density at radius 3 is 2.59 bits per heavy atom. The first-order chi connectivity index (χ1) is 13.2. The third-order valence-electron chi connectivity index (χ3n) is 4.32. The number of para-hydroxylation sites is 1. The Morgan fingerprint density at radius 1 is 1.07 bits per heavy atom. The van der Waals surface area contributed by atoms with Crippen molar-refractivity contribution in [3.8, 4) is 17.1 Å². The summed E-state index contributed by atoms with van der Waals surface area (Å²) >= 11 is 1.55. The number of anilines is 2. The van der Waals surface area contributed by atoms with Gasteiger partial charge in [0, 0.05) is 36.6 Å². The van der Waals surface area contributed by atoms with Crippen molar-refractivity contribution in [3.63, 3.8) is 0 Å². The van der Waals surface area contributed by atoms with Crippen molar-refractivity contribution in [2.24, 2.45) is 0 Å². The van der Waals surface area contributed by atoms with Crippen molar-refractivity contribution in [2.45, 2.75) is 18.3 Å². The Balaban J connectivity index is 1.77. The standard InChI is InChI=1S/C20H21N5OS/c1-4-27-20-22-19-17(23-24-20)15-7-5-6-8-16(15)21-18(26-19)13-9-11-14(12-10-13)25(2)3/h5-12,18,21H,4H2,1-3H3/t18-/m1/s1. The van der Waals surface area contributed by atoms with Gasteiger partial charge in [-0.25, -0.2) is 0 Å². The maximum absolute atomic E-state index is 6.26. The van der Waals surface area contributed by atoms with Crippen LogP contribution >= 0.6 is 11.8 Å². The van der Waals surface area contributed by atoms with Crippen molar-refractivity contribution >= 4 is 23.1 Å². The molecular weight excluding hydrogens is 358 g/mol. The van der Waals surface area contributed by atoms with Gasteiger partial charge in [0.2, 0.25) is 11.0 Å². The smallest absolute Gasteiger partial charge is 0.247 e. The first-order valence-electron chi connectivity index (χ1n) is 8.83. The van der Waals surface area contributed by atoms with E-state index in [-0.39, 0.29) is 6.23 Å². The Morgan fingerprint density at radius 2 is 1.85 bits per heavy atom.